The van der Waals surface area contributed by atoms with Gasteiger partial charge in [-0.05, 0) is 32.2 Å². The van der Waals surface area contributed by atoms with E-state index in [2.05, 4.69) is 26.4 Å². The fraction of sp³-hybridized carbons (Fsp3) is 0.611. The van der Waals surface area contributed by atoms with Gasteiger partial charge in [-0.2, -0.15) is 0 Å². The summed E-state index contributed by atoms with van der Waals surface area (Å²) >= 11 is 0. The lowest BCUT2D eigenvalue weighted by molar-refractivity contribution is 0.179. The molecule has 0 amide bonds. The van der Waals surface area contributed by atoms with E-state index in [-0.39, 0.29) is 0 Å². The van der Waals surface area contributed by atoms with E-state index < -0.39 is 0 Å². The molecule has 23 heavy (non-hydrogen) atoms. The van der Waals surface area contributed by atoms with E-state index >= 15 is 0 Å². The molecule has 122 valence electrons. The monoisotopic (exact) mass is 311 g/mol. The van der Waals surface area contributed by atoms with Gasteiger partial charge >= 0.3 is 0 Å². The third-order valence-corrected chi connectivity index (χ3v) is 5.35. The van der Waals surface area contributed by atoms with Gasteiger partial charge in [0.25, 0.3) is 0 Å². The van der Waals surface area contributed by atoms with Gasteiger partial charge < -0.3 is 0 Å². The van der Waals surface area contributed by atoms with Crippen molar-refractivity contribution in [2.45, 2.75) is 64.0 Å². The van der Waals surface area contributed by atoms with E-state index in [1.165, 1.54) is 45.1 Å². The number of likely N-dealkylation sites (tertiary alicyclic amines) is 1. The minimum Gasteiger partial charge on any atom is -0.292 e. The van der Waals surface area contributed by atoms with Gasteiger partial charge in [-0.3, -0.25) is 14.5 Å². The first-order chi connectivity index (χ1) is 11.4. The van der Waals surface area contributed by atoms with Gasteiger partial charge in [0.05, 0.1) is 24.1 Å². The lowest BCUT2D eigenvalue weighted by Crippen LogP contribution is -2.33. The number of aromatic nitrogens is 4. The summed E-state index contributed by atoms with van der Waals surface area (Å²) in [5.41, 5.74) is 1.13. The second kappa shape index (κ2) is 6.40. The van der Waals surface area contributed by atoms with E-state index in [1.807, 2.05) is 24.8 Å². The van der Waals surface area contributed by atoms with Crippen molar-refractivity contribution in [3.05, 3.63) is 36.3 Å². The first-order valence-electron chi connectivity index (χ1n) is 8.97. The second-order valence-corrected chi connectivity index (χ2v) is 6.70. The highest BCUT2D eigenvalue weighted by Gasteiger charge is 2.34. The molecular weight excluding hydrogens is 286 g/mol. The molecule has 0 aromatic carbocycles. The Labute approximate surface area is 137 Å². The molecule has 3 heterocycles. The maximum absolute atomic E-state index is 4.95. The van der Waals surface area contributed by atoms with Crippen molar-refractivity contribution in [3.8, 4) is 5.82 Å². The minimum absolute atomic E-state index is 0.444. The SMILES string of the molecule is CCc1nccn1-c1cncc([C@@H]2CCCN2C2CCCC2)n1. The fourth-order valence-electron chi connectivity index (χ4n) is 4.23. The van der Waals surface area contributed by atoms with Crippen molar-refractivity contribution < 1.29 is 0 Å². The van der Waals surface area contributed by atoms with Crippen LogP contribution in [0.3, 0.4) is 0 Å². The Morgan fingerprint density at radius 2 is 2.00 bits per heavy atom. The summed E-state index contributed by atoms with van der Waals surface area (Å²) in [6, 6.07) is 1.20. The van der Waals surface area contributed by atoms with Crippen molar-refractivity contribution in [2.75, 3.05) is 6.54 Å². The average molecular weight is 311 g/mol. The lowest BCUT2D eigenvalue weighted by atomic mass is 10.1. The topological polar surface area (TPSA) is 46.8 Å². The lowest BCUT2D eigenvalue weighted by Gasteiger charge is -2.30. The molecular formula is C18H25N5. The van der Waals surface area contributed by atoms with E-state index in [0.29, 0.717) is 6.04 Å². The largest absolute Gasteiger partial charge is 0.292 e. The van der Waals surface area contributed by atoms with E-state index in [9.17, 15) is 0 Å². The summed E-state index contributed by atoms with van der Waals surface area (Å²) in [5, 5.41) is 0. The van der Waals surface area contributed by atoms with Gasteiger partial charge in [-0.25, -0.2) is 9.97 Å². The summed E-state index contributed by atoms with van der Waals surface area (Å²) in [4.78, 5) is 16.5. The Balaban J connectivity index is 1.63. The zero-order chi connectivity index (χ0) is 15.6. The highest BCUT2D eigenvalue weighted by Crippen LogP contribution is 2.37. The standard InChI is InChI=1S/C18H25N5/c1-2-17-20-9-11-23(17)18-13-19-12-15(21-18)16-8-5-10-22(16)14-6-3-4-7-14/h9,11-14,16H,2-8,10H2,1H3/t16-/m0/s1. The number of imidazole rings is 1. The average Bonchev–Trinajstić information content (AvgIpc) is 3.34. The molecule has 2 aliphatic rings. The van der Waals surface area contributed by atoms with Gasteiger partial charge in [-0.15, -0.1) is 0 Å². The molecule has 1 saturated heterocycles. The summed E-state index contributed by atoms with van der Waals surface area (Å²) in [5.74, 6) is 1.94. The molecule has 5 nitrogen and oxygen atoms in total. The first-order valence-corrected chi connectivity index (χ1v) is 8.97. The Morgan fingerprint density at radius 3 is 2.83 bits per heavy atom. The summed E-state index contributed by atoms with van der Waals surface area (Å²) in [6.45, 7) is 3.33. The molecule has 0 bridgehead atoms. The van der Waals surface area contributed by atoms with Crippen LogP contribution in [-0.2, 0) is 6.42 Å². The normalized spacial score (nSPS) is 22.9. The van der Waals surface area contributed by atoms with Crippen LogP contribution in [-0.4, -0.2) is 37.0 Å². The number of aryl methyl sites for hydroxylation is 1. The first kappa shape index (κ1) is 14.8. The highest BCUT2D eigenvalue weighted by atomic mass is 15.2. The van der Waals surface area contributed by atoms with E-state index in [4.69, 9.17) is 4.98 Å². The molecule has 0 radical (unpaired) electrons. The van der Waals surface area contributed by atoms with Crippen molar-refractivity contribution in [1.82, 2.24) is 24.4 Å². The van der Waals surface area contributed by atoms with Crippen molar-refractivity contribution >= 4 is 0 Å². The molecule has 2 aromatic heterocycles. The third kappa shape index (κ3) is 2.78. The molecule has 1 aliphatic carbocycles. The van der Waals surface area contributed by atoms with Gasteiger partial charge in [-0.1, -0.05) is 19.8 Å². The van der Waals surface area contributed by atoms with Gasteiger partial charge in [0.15, 0.2) is 5.82 Å². The Bertz CT molecular complexity index is 659. The number of nitrogens with zero attached hydrogens (tertiary/aromatic N) is 5. The van der Waals surface area contributed by atoms with Crippen molar-refractivity contribution in [2.24, 2.45) is 0 Å². The zero-order valence-corrected chi connectivity index (χ0v) is 13.9. The number of hydrogen-bond acceptors (Lipinski definition) is 4. The van der Waals surface area contributed by atoms with E-state index in [1.54, 1.807) is 0 Å². The van der Waals surface area contributed by atoms with Crippen LogP contribution >= 0.6 is 0 Å². The molecule has 4 rings (SSSR count). The van der Waals surface area contributed by atoms with Crippen LogP contribution in [0.15, 0.2) is 24.8 Å². The van der Waals surface area contributed by atoms with Crippen LogP contribution in [0.5, 0.6) is 0 Å². The van der Waals surface area contributed by atoms with Crippen LogP contribution in [0.2, 0.25) is 0 Å². The van der Waals surface area contributed by atoms with Crippen LogP contribution in [0.4, 0.5) is 0 Å². The summed E-state index contributed by atoms with van der Waals surface area (Å²) < 4.78 is 2.06. The minimum atomic E-state index is 0.444. The third-order valence-electron chi connectivity index (χ3n) is 5.35. The van der Waals surface area contributed by atoms with Crippen LogP contribution in [0.1, 0.15) is 63.0 Å². The molecule has 0 N–H and O–H groups in total. The molecule has 1 saturated carbocycles. The molecule has 0 unspecified atom stereocenters. The summed E-state index contributed by atoms with van der Waals surface area (Å²) in [7, 11) is 0. The Hall–Kier alpha value is -1.75. The molecule has 1 aliphatic heterocycles. The fourth-order valence-corrected chi connectivity index (χ4v) is 4.23. The Kier molecular flexibility index (Phi) is 4.12. The van der Waals surface area contributed by atoms with Gasteiger partial charge in [0.2, 0.25) is 0 Å². The summed E-state index contributed by atoms with van der Waals surface area (Å²) in [6.07, 6.45) is 16.5. The molecule has 0 spiro atoms. The predicted molar refractivity (Wildman–Crippen MR) is 89.5 cm³/mol. The van der Waals surface area contributed by atoms with Crippen LogP contribution < -0.4 is 0 Å². The molecule has 1 atom stereocenters. The molecule has 5 heteroatoms. The van der Waals surface area contributed by atoms with Crippen LogP contribution in [0.25, 0.3) is 5.82 Å². The van der Waals surface area contributed by atoms with E-state index in [0.717, 1.165) is 29.8 Å². The second-order valence-electron chi connectivity index (χ2n) is 6.70. The maximum atomic E-state index is 4.95. The van der Waals surface area contributed by atoms with Gasteiger partial charge in [0, 0.05) is 24.9 Å². The predicted octanol–water partition coefficient (Wildman–Crippen LogP) is 3.30. The molecule has 2 fully saturated rings. The number of hydrogen-bond donors (Lipinski definition) is 0. The zero-order valence-electron chi connectivity index (χ0n) is 13.9. The quantitative estimate of drug-likeness (QED) is 0.869. The molecule has 2 aromatic rings. The van der Waals surface area contributed by atoms with Crippen LogP contribution in [0, 0.1) is 0 Å². The smallest absolute Gasteiger partial charge is 0.156 e. The maximum Gasteiger partial charge on any atom is 0.156 e. The van der Waals surface area contributed by atoms with Gasteiger partial charge in [0.1, 0.15) is 5.82 Å². The highest BCUT2D eigenvalue weighted by molar-refractivity contribution is 5.24. The van der Waals surface area contributed by atoms with Crippen molar-refractivity contribution in [3.63, 3.8) is 0 Å². The Morgan fingerprint density at radius 1 is 1.13 bits per heavy atom. The van der Waals surface area contributed by atoms with Crippen molar-refractivity contribution in [1.29, 1.82) is 0 Å². The number of rotatable bonds is 4.